The number of nitrogens with one attached hydrogen (secondary N) is 2. The summed E-state index contributed by atoms with van der Waals surface area (Å²) in [6, 6.07) is 14.6. The average molecular weight is 564 g/mol. The molecule has 1 aliphatic heterocycles. The van der Waals surface area contributed by atoms with Crippen molar-refractivity contribution in [3.8, 4) is 0 Å². The van der Waals surface area contributed by atoms with Crippen LogP contribution in [0.2, 0.25) is 0 Å². The van der Waals surface area contributed by atoms with Crippen LogP contribution in [0.3, 0.4) is 0 Å². The van der Waals surface area contributed by atoms with E-state index in [1.54, 1.807) is 19.2 Å². The van der Waals surface area contributed by atoms with Crippen molar-refractivity contribution in [1.82, 2.24) is 10.3 Å². The number of carbonyl (C=O) groups excluding carboxylic acids is 2. The van der Waals surface area contributed by atoms with Gasteiger partial charge in [0, 0.05) is 24.9 Å². The van der Waals surface area contributed by atoms with Gasteiger partial charge in [-0.2, -0.15) is 5.10 Å². The number of hydrazone groups is 1. The van der Waals surface area contributed by atoms with E-state index in [4.69, 9.17) is 10.5 Å². The van der Waals surface area contributed by atoms with Crippen molar-refractivity contribution in [2.45, 2.75) is 46.5 Å². The quantitative estimate of drug-likeness (QED) is 0.0799. The number of benzene rings is 2. The molecule has 0 aliphatic carbocycles. The summed E-state index contributed by atoms with van der Waals surface area (Å²) in [5.74, 6) is 0.405. The fourth-order valence-electron chi connectivity index (χ4n) is 4.34. The second kappa shape index (κ2) is 19.9. The van der Waals surface area contributed by atoms with Gasteiger partial charge in [0.2, 0.25) is 0 Å². The van der Waals surface area contributed by atoms with Gasteiger partial charge in [0.15, 0.2) is 12.1 Å². The molecule has 0 bridgehead atoms. The fraction of sp³-hybridized carbons (Fsp3) is 0.364. The van der Waals surface area contributed by atoms with Gasteiger partial charge >= 0.3 is 0 Å². The molecular formula is C33H46FN5O2. The molecule has 7 nitrogen and oxygen atoms in total. The first-order valence-electron chi connectivity index (χ1n) is 14.0. The van der Waals surface area contributed by atoms with Gasteiger partial charge in [0.1, 0.15) is 12.1 Å². The summed E-state index contributed by atoms with van der Waals surface area (Å²) in [5.41, 5.74) is 14.4. The molecule has 1 saturated heterocycles. The molecule has 2 aromatic rings. The Morgan fingerprint density at radius 3 is 2.22 bits per heavy atom. The van der Waals surface area contributed by atoms with E-state index in [2.05, 4.69) is 66.4 Å². The number of halogens is 1. The van der Waals surface area contributed by atoms with Crippen LogP contribution in [0.5, 0.6) is 0 Å². The maximum atomic E-state index is 12.3. The standard InChI is InChI=1S/C23H35N5O.C7H7F.C3H4O/c1-5-7-17-9-11-19(12-10-17)26-22(23(24)27-25-3)21(16-29)20(8-6-2)18-13-14-28(4)15-18;1-6-2-4-7(8)5-3-6;1-2-3-4/h8-12,16,18,25-26H,5-7,13-15H2,1-4H3,(H2,24,27);2-5H,1H3;2-3H,1H2/b20-8+,22-21-;;. The molecule has 1 atom stereocenters. The van der Waals surface area contributed by atoms with E-state index >= 15 is 0 Å². The number of amidine groups is 1. The highest BCUT2D eigenvalue weighted by Gasteiger charge is 2.27. The van der Waals surface area contributed by atoms with Crippen LogP contribution in [0.4, 0.5) is 10.1 Å². The molecule has 0 amide bonds. The summed E-state index contributed by atoms with van der Waals surface area (Å²) < 4.78 is 12.1. The van der Waals surface area contributed by atoms with Crippen LogP contribution < -0.4 is 16.5 Å². The molecule has 3 rings (SSSR count). The Kier molecular flexibility index (Phi) is 17.0. The van der Waals surface area contributed by atoms with Crippen LogP contribution in [-0.4, -0.2) is 50.5 Å². The third-order valence-electron chi connectivity index (χ3n) is 6.31. The van der Waals surface area contributed by atoms with Crippen molar-refractivity contribution in [2.75, 3.05) is 32.5 Å². The zero-order valence-electron chi connectivity index (χ0n) is 25.1. The number of anilines is 1. The van der Waals surface area contributed by atoms with Crippen molar-refractivity contribution in [3.05, 3.63) is 101 Å². The summed E-state index contributed by atoms with van der Waals surface area (Å²) in [6.45, 7) is 11.3. The van der Waals surface area contributed by atoms with Crippen LogP contribution >= 0.6 is 0 Å². The minimum Gasteiger partial charge on any atom is -0.381 e. The van der Waals surface area contributed by atoms with Crippen LogP contribution in [0.1, 0.15) is 44.2 Å². The maximum Gasteiger partial charge on any atom is 0.167 e. The van der Waals surface area contributed by atoms with E-state index in [9.17, 15) is 9.18 Å². The average Bonchev–Trinajstić information content (AvgIpc) is 3.41. The Morgan fingerprint density at radius 1 is 1.15 bits per heavy atom. The lowest BCUT2D eigenvalue weighted by molar-refractivity contribution is -0.105. The highest BCUT2D eigenvalue weighted by molar-refractivity contribution is 6.05. The van der Waals surface area contributed by atoms with Crippen LogP contribution in [0.15, 0.2) is 89.2 Å². The number of aldehydes is 2. The Hall–Kier alpha value is -4.04. The van der Waals surface area contributed by atoms with Gasteiger partial charge in [-0.25, -0.2) is 4.39 Å². The molecule has 222 valence electrons. The van der Waals surface area contributed by atoms with Gasteiger partial charge in [-0.3, -0.25) is 9.59 Å². The minimum absolute atomic E-state index is 0.171. The molecule has 0 saturated carbocycles. The molecule has 2 aromatic carbocycles. The van der Waals surface area contributed by atoms with Crippen molar-refractivity contribution >= 4 is 24.1 Å². The zero-order chi connectivity index (χ0) is 30.6. The number of aryl methyl sites for hydroxylation is 2. The van der Waals surface area contributed by atoms with Crippen molar-refractivity contribution in [2.24, 2.45) is 16.8 Å². The Bertz CT molecular complexity index is 1140. The molecule has 8 heteroatoms. The number of rotatable bonds is 11. The summed E-state index contributed by atoms with van der Waals surface area (Å²) >= 11 is 0. The number of carbonyl (C=O) groups is 2. The number of hydrogen-bond donors (Lipinski definition) is 3. The third kappa shape index (κ3) is 12.8. The summed E-state index contributed by atoms with van der Waals surface area (Å²) in [6.07, 6.45) is 8.93. The largest absolute Gasteiger partial charge is 0.381 e. The van der Waals surface area contributed by atoms with Gasteiger partial charge in [-0.1, -0.05) is 62.8 Å². The second-order valence-electron chi connectivity index (χ2n) is 9.68. The molecule has 0 radical (unpaired) electrons. The SMILES string of the molecule is C=CC=O.CC/C=C(/C(C=O)=C(Nc1ccc(CCC)cc1)/C(N)=N\NC)C1CCN(C)C1.Cc1ccc(F)cc1. The molecule has 0 spiro atoms. The highest BCUT2D eigenvalue weighted by Crippen LogP contribution is 2.30. The van der Waals surface area contributed by atoms with E-state index < -0.39 is 0 Å². The van der Waals surface area contributed by atoms with E-state index in [-0.39, 0.29) is 11.7 Å². The normalized spacial score (nSPS) is 15.8. The monoisotopic (exact) mass is 563 g/mol. The predicted molar refractivity (Wildman–Crippen MR) is 169 cm³/mol. The molecule has 1 unspecified atom stereocenters. The van der Waals surface area contributed by atoms with E-state index in [0.29, 0.717) is 23.5 Å². The number of allylic oxidation sites excluding steroid dienone is 3. The van der Waals surface area contributed by atoms with Crippen LogP contribution in [0.25, 0.3) is 0 Å². The maximum absolute atomic E-state index is 12.3. The first kappa shape index (κ1) is 35.0. The Morgan fingerprint density at radius 2 is 1.78 bits per heavy atom. The Balaban J connectivity index is 0.000000579. The second-order valence-corrected chi connectivity index (χ2v) is 9.68. The van der Waals surface area contributed by atoms with E-state index in [1.165, 1.54) is 23.8 Å². The molecule has 4 N–H and O–H groups in total. The van der Waals surface area contributed by atoms with Crippen molar-refractivity contribution in [1.29, 1.82) is 0 Å². The molecule has 1 aliphatic rings. The van der Waals surface area contributed by atoms with Crippen molar-refractivity contribution < 1.29 is 14.0 Å². The Labute approximate surface area is 245 Å². The lowest BCUT2D eigenvalue weighted by Gasteiger charge is -2.20. The van der Waals surface area contributed by atoms with Gasteiger partial charge in [-0.05, 0) is 87.2 Å². The topological polar surface area (TPSA) is 99.8 Å². The smallest absolute Gasteiger partial charge is 0.167 e. The van der Waals surface area contributed by atoms with Gasteiger partial charge in [0.25, 0.3) is 0 Å². The highest BCUT2D eigenvalue weighted by atomic mass is 19.1. The number of nitrogens with zero attached hydrogens (tertiary/aromatic N) is 2. The number of hydrogen-bond acceptors (Lipinski definition) is 6. The van der Waals surface area contributed by atoms with Gasteiger partial charge in [0.05, 0.1) is 5.70 Å². The van der Waals surface area contributed by atoms with Crippen LogP contribution in [0, 0.1) is 18.7 Å². The lowest BCUT2D eigenvalue weighted by Crippen LogP contribution is -2.27. The molecule has 1 heterocycles. The van der Waals surface area contributed by atoms with E-state index in [1.807, 2.05) is 19.1 Å². The van der Waals surface area contributed by atoms with E-state index in [0.717, 1.165) is 61.9 Å². The van der Waals surface area contributed by atoms with Gasteiger partial charge < -0.3 is 21.4 Å². The predicted octanol–water partition coefficient (Wildman–Crippen LogP) is 5.79. The molecule has 1 fully saturated rings. The van der Waals surface area contributed by atoms with Crippen LogP contribution in [-0.2, 0) is 16.0 Å². The molecular weight excluding hydrogens is 517 g/mol. The first-order chi connectivity index (χ1) is 19.7. The summed E-state index contributed by atoms with van der Waals surface area (Å²) in [4.78, 5) is 23.6. The number of likely N-dealkylation sites (tertiary alicyclic amines) is 1. The molecule has 41 heavy (non-hydrogen) atoms. The zero-order valence-corrected chi connectivity index (χ0v) is 25.1. The third-order valence-corrected chi connectivity index (χ3v) is 6.31. The molecule has 0 aromatic heterocycles. The minimum atomic E-state index is -0.171. The van der Waals surface area contributed by atoms with Gasteiger partial charge in [-0.15, -0.1) is 0 Å². The first-order valence-corrected chi connectivity index (χ1v) is 14.0. The van der Waals surface area contributed by atoms with Crippen molar-refractivity contribution in [3.63, 3.8) is 0 Å². The lowest BCUT2D eigenvalue weighted by atomic mass is 9.89. The summed E-state index contributed by atoms with van der Waals surface area (Å²) in [7, 11) is 3.81. The number of nitrogens with two attached hydrogens (primary N) is 1. The fourth-order valence-corrected chi connectivity index (χ4v) is 4.34. The summed E-state index contributed by atoms with van der Waals surface area (Å²) in [5, 5.41) is 7.50.